The van der Waals surface area contributed by atoms with Crippen molar-refractivity contribution in [3.05, 3.63) is 87.5 Å². The number of carbonyl (C=O) groups excluding carboxylic acids is 2. The summed E-state index contributed by atoms with van der Waals surface area (Å²) in [7, 11) is 0. The summed E-state index contributed by atoms with van der Waals surface area (Å²) in [5, 5.41) is 0.260. The van der Waals surface area contributed by atoms with Gasteiger partial charge in [-0.2, -0.15) is 0 Å². The first kappa shape index (κ1) is 27.6. The summed E-state index contributed by atoms with van der Waals surface area (Å²) in [6.07, 6.45) is 16.6. The van der Waals surface area contributed by atoms with Gasteiger partial charge < -0.3 is 4.74 Å². The van der Waals surface area contributed by atoms with Gasteiger partial charge in [0.05, 0.1) is 5.02 Å². The first-order valence-electron chi connectivity index (χ1n) is 12.0. The minimum atomic E-state index is -0.314. The van der Waals surface area contributed by atoms with Crippen LogP contribution in [0.25, 0.3) is 0 Å². The van der Waals surface area contributed by atoms with Gasteiger partial charge in [0.1, 0.15) is 5.75 Å². The Labute approximate surface area is 209 Å². The van der Waals surface area contributed by atoms with Gasteiger partial charge in [0.2, 0.25) is 0 Å². The summed E-state index contributed by atoms with van der Waals surface area (Å²) >= 11 is 6.26. The van der Waals surface area contributed by atoms with E-state index in [2.05, 4.69) is 39.8 Å². The van der Waals surface area contributed by atoms with Gasteiger partial charge in [-0.1, -0.05) is 73.9 Å². The van der Waals surface area contributed by atoms with Crippen molar-refractivity contribution in [1.82, 2.24) is 0 Å². The Bertz CT molecular complexity index is 1060. The zero-order valence-electron chi connectivity index (χ0n) is 21.3. The van der Waals surface area contributed by atoms with E-state index in [9.17, 15) is 9.59 Å². The third-order valence-corrected chi connectivity index (χ3v) is 6.34. The maximum atomic E-state index is 12.6. The number of benzene rings is 1. The van der Waals surface area contributed by atoms with Crippen molar-refractivity contribution in [2.24, 2.45) is 5.41 Å². The Balaban J connectivity index is 2.03. The average molecular weight is 481 g/mol. The minimum Gasteiger partial charge on any atom is -0.426 e. The largest absolute Gasteiger partial charge is 0.426 e. The zero-order valence-corrected chi connectivity index (χ0v) is 22.1. The molecule has 0 radical (unpaired) electrons. The zero-order chi connectivity index (χ0) is 25.3. The maximum absolute atomic E-state index is 12.6. The van der Waals surface area contributed by atoms with Crippen LogP contribution < -0.4 is 4.74 Å². The second-order valence-electron chi connectivity index (χ2n) is 9.65. The molecular formula is C30H37ClO3. The fourth-order valence-electron chi connectivity index (χ4n) is 4.11. The number of carbonyl (C=O) groups is 2. The van der Waals surface area contributed by atoms with Crippen LogP contribution in [-0.4, -0.2) is 11.8 Å². The number of rotatable bonds is 9. The highest BCUT2D eigenvalue weighted by Crippen LogP contribution is 2.40. The first-order chi connectivity index (χ1) is 16.0. The van der Waals surface area contributed by atoms with E-state index in [1.807, 2.05) is 32.1 Å². The molecule has 0 aliphatic heterocycles. The summed E-state index contributed by atoms with van der Waals surface area (Å²) in [6, 6.07) is 4.68. The fraction of sp³-hybridized carbons (Fsp3) is 0.400. The molecule has 3 nitrogen and oxygen atoms in total. The van der Waals surface area contributed by atoms with Crippen LogP contribution in [0.1, 0.15) is 84.0 Å². The molecule has 0 saturated heterocycles. The van der Waals surface area contributed by atoms with Crippen LogP contribution in [0.5, 0.6) is 5.75 Å². The van der Waals surface area contributed by atoms with Crippen molar-refractivity contribution in [1.29, 1.82) is 0 Å². The predicted molar refractivity (Wildman–Crippen MR) is 142 cm³/mol. The van der Waals surface area contributed by atoms with Crippen LogP contribution in [0.4, 0.5) is 0 Å². The topological polar surface area (TPSA) is 43.4 Å². The van der Waals surface area contributed by atoms with Gasteiger partial charge in [0.25, 0.3) is 0 Å². The molecule has 0 atom stereocenters. The number of ether oxygens (including phenoxy) is 1. The quantitative estimate of drug-likeness (QED) is 0.117. The van der Waals surface area contributed by atoms with Crippen LogP contribution in [0.2, 0.25) is 5.02 Å². The van der Waals surface area contributed by atoms with Gasteiger partial charge in [-0.15, -0.1) is 0 Å². The molecule has 182 valence electrons. The molecule has 0 amide bonds. The highest BCUT2D eigenvalue weighted by Gasteiger charge is 2.26. The molecule has 0 unspecified atom stereocenters. The van der Waals surface area contributed by atoms with Crippen LogP contribution >= 0.6 is 11.6 Å². The van der Waals surface area contributed by atoms with Crippen molar-refractivity contribution in [2.45, 2.75) is 73.6 Å². The number of esters is 1. The Kier molecular flexibility index (Phi) is 10.3. The van der Waals surface area contributed by atoms with Crippen LogP contribution in [0.3, 0.4) is 0 Å². The Morgan fingerprint density at radius 2 is 1.88 bits per heavy atom. The fourth-order valence-corrected chi connectivity index (χ4v) is 4.37. The van der Waals surface area contributed by atoms with Gasteiger partial charge in [-0.05, 0) is 81.2 Å². The van der Waals surface area contributed by atoms with Crippen molar-refractivity contribution < 1.29 is 14.3 Å². The monoisotopic (exact) mass is 480 g/mol. The molecule has 1 aliphatic carbocycles. The molecule has 0 saturated carbocycles. The number of ketones is 1. The van der Waals surface area contributed by atoms with Crippen LogP contribution in [0, 0.1) is 5.41 Å². The normalized spacial score (nSPS) is 17.0. The van der Waals surface area contributed by atoms with E-state index in [4.69, 9.17) is 16.3 Å². The summed E-state index contributed by atoms with van der Waals surface area (Å²) in [4.78, 5) is 24.3. The number of allylic oxidation sites excluding steroid dienone is 10. The van der Waals surface area contributed by atoms with E-state index in [-0.39, 0.29) is 22.2 Å². The smallest absolute Gasteiger partial charge is 0.311 e. The molecule has 2 rings (SSSR count). The van der Waals surface area contributed by atoms with Crippen molar-refractivity contribution in [2.75, 3.05) is 0 Å². The summed E-state index contributed by atoms with van der Waals surface area (Å²) in [5.41, 5.74) is 5.50. The van der Waals surface area contributed by atoms with E-state index in [0.29, 0.717) is 24.2 Å². The molecule has 0 aromatic heterocycles. The third kappa shape index (κ3) is 8.29. The molecule has 0 spiro atoms. The highest BCUT2D eigenvalue weighted by molar-refractivity contribution is 6.34. The van der Waals surface area contributed by atoms with E-state index in [1.165, 1.54) is 36.5 Å². The lowest BCUT2D eigenvalue weighted by atomic mass is 9.72. The molecule has 34 heavy (non-hydrogen) atoms. The van der Waals surface area contributed by atoms with E-state index < -0.39 is 0 Å². The molecular weight excluding hydrogens is 444 g/mol. The summed E-state index contributed by atoms with van der Waals surface area (Å²) in [6.45, 7) is 12.7. The Hall–Kier alpha value is -2.65. The molecule has 0 fully saturated rings. The lowest BCUT2D eigenvalue weighted by molar-refractivity contribution is -0.134. The molecule has 0 bridgehead atoms. The molecule has 1 aliphatic rings. The van der Waals surface area contributed by atoms with Gasteiger partial charge >= 0.3 is 5.97 Å². The molecule has 0 heterocycles. The predicted octanol–water partition coefficient (Wildman–Crippen LogP) is 8.76. The minimum absolute atomic E-state index is 0.193. The molecule has 1 aromatic carbocycles. The molecule has 1 aromatic rings. The first-order valence-corrected chi connectivity index (χ1v) is 12.4. The van der Waals surface area contributed by atoms with Gasteiger partial charge in [0.15, 0.2) is 5.78 Å². The lowest BCUT2D eigenvalue weighted by Gasteiger charge is -2.32. The number of hydrogen-bond acceptors (Lipinski definition) is 3. The number of hydrogen-bond donors (Lipinski definition) is 0. The Morgan fingerprint density at radius 1 is 1.15 bits per heavy atom. The van der Waals surface area contributed by atoms with Gasteiger partial charge in [-0.3, -0.25) is 9.59 Å². The standard InChI is InChI=1S/C30H37ClO3/c1-7-10-29(33)34-24-15-16-25(27(31)20-24)28(32)19-22(3)12-8-11-21(2)14-17-26-23(4)13-9-18-30(26,5)6/h8,11-12,14-17,19-20H,7,9-10,13,18H2,1-6H3/b12-8+,17-14+,21-11+,22-19+. The maximum Gasteiger partial charge on any atom is 0.311 e. The van der Waals surface area contributed by atoms with Crippen molar-refractivity contribution in [3.8, 4) is 5.75 Å². The second-order valence-corrected chi connectivity index (χ2v) is 10.1. The van der Waals surface area contributed by atoms with E-state index in [1.54, 1.807) is 18.2 Å². The van der Waals surface area contributed by atoms with Gasteiger partial charge in [0, 0.05) is 18.1 Å². The van der Waals surface area contributed by atoms with Gasteiger partial charge in [-0.25, -0.2) is 0 Å². The second kappa shape index (κ2) is 12.7. The summed E-state index contributed by atoms with van der Waals surface area (Å²) < 4.78 is 5.23. The SMILES string of the molecule is CCCC(=O)Oc1ccc(C(=O)/C=C(C)/C=C/C=C(C)/C=C/C2=C(C)CCCC2(C)C)c(Cl)c1. The third-order valence-electron chi connectivity index (χ3n) is 6.02. The Morgan fingerprint density at radius 3 is 2.53 bits per heavy atom. The number of halogens is 1. The molecule has 4 heteroatoms. The summed E-state index contributed by atoms with van der Waals surface area (Å²) in [5.74, 6) is -0.163. The van der Waals surface area contributed by atoms with Crippen molar-refractivity contribution >= 4 is 23.4 Å². The molecule has 0 N–H and O–H groups in total. The van der Waals surface area contributed by atoms with Crippen LogP contribution in [-0.2, 0) is 4.79 Å². The lowest BCUT2D eigenvalue weighted by Crippen LogP contribution is -2.19. The average Bonchev–Trinajstić information content (AvgIpc) is 2.73. The van der Waals surface area contributed by atoms with Crippen molar-refractivity contribution in [3.63, 3.8) is 0 Å². The highest BCUT2D eigenvalue weighted by atomic mass is 35.5. The van der Waals surface area contributed by atoms with E-state index in [0.717, 1.165) is 11.1 Å². The van der Waals surface area contributed by atoms with Crippen LogP contribution in [0.15, 0.2) is 76.9 Å². The van der Waals surface area contributed by atoms with E-state index >= 15 is 0 Å².